The first-order valence-corrected chi connectivity index (χ1v) is 8.87. The number of likely N-dealkylation sites (N-methyl/N-ethyl adjacent to an activating group) is 1. The molecule has 0 radical (unpaired) electrons. The van der Waals surface area contributed by atoms with Gasteiger partial charge < -0.3 is 15.0 Å². The van der Waals surface area contributed by atoms with E-state index in [1.165, 1.54) is 12.0 Å². The highest BCUT2D eigenvalue weighted by Gasteiger charge is 2.34. The molecule has 9 heteroatoms. The molecule has 1 N–H and O–H groups in total. The number of fused-ring (bicyclic) bond motifs is 1. The zero-order valence-corrected chi connectivity index (χ0v) is 16.5. The van der Waals surface area contributed by atoms with Gasteiger partial charge in [-0.25, -0.2) is 4.68 Å². The summed E-state index contributed by atoms with van der Waals surface area (Å²) in [5, 5.41) is 8.33. The van der Waals surface area contributed by atoms with Gasteiger partial charge in [-0.3, -0.25) is 9.59 Å². The largest absolute Gasteiger partial charge is 0.468 e. The Bertz CT molecular complexity index is 938. The van der Waals surface area contributed by atoms with E-state index in [0.29, 0.717) is 21.3 Å². The molecule has 0 saturated carbocycles. The number of ether oxygens (including phenoxy) is 1. The van der Waals surface area contributed by atoms with Crippen LogP contribution in [-0.4, -0.2) is 47.3 Å². The number of anilines is 1. The molecule has 1 aliphatic rings. The number of nitrogens with one attached hydrogen (secondary N) is 1. The average Bonchev–Trinajstić information content (AvgIpc) is 3.10. The molecule has 142 valence electrons. The summed E-state index contributed by atoms with van der Waals surface area (Å²) in [6.07, 6.45) is 1.64. The van der Waals surface area contributed by atoms with Crippen LogP contribution < -0.4 is 5.32 Å². The second kappa shape index (κ2) is 7.62. The number of halogens is 2. The number of aromatic nitrogens is 2. The molecule has 1 amide bonds. The standard InChI is InChI=1S/C18H18Cl2N4O3/c1-10-16(18(26)23(2)9-15(25)27-3)17(24-14(22-10)6-7-21-24)11-4-5-12(19)13(20)8-11/h4-8,17,22H,9H2,1-3H3. The second-order valence-electron chi connectivity index (χ2n) is 6.14. The fourth-order valence-corrected chi connectivity index (χ4v) is 3.32. The molecule has 3 rings (SSSR count). The summed E-state index contributed by atoms with van der Waals surface area (Å²) in [5.41, 5.74) is 1.88. The number of hydrogen-bond donors (Lipinski definition) is 1. The van der Waals surface area contributed by atoms with Crippen LogP contribution in [0, 0.1) is 0 Å². The van der Waals surface area contributed by atoms with Crippen LogP contribution in [0.1, 0.15) is 18.5 Å². The summed E-state index contributed by atoms with van der Waals surface area (Å²) in [4.78, 5) is 26.0. The molecule has 1 atom stereocenters. The van der Waals surface area contributed by atoms with Crippen molar-refractivity contribution >= 4 is 40.9 Å². The van der Waals surface area contributed by atoms with Gasteiger partial charge in [-0.2, -0.15) is 5.10 Å². The summed E-state index contributed by atoms with van der Waals surface area (Å²) in [7, 11) is 2.83. The molecule has 0 aliphatic carbocycles. The lowest BCUT2D eigenvalue weighted by molar-refractivity contribution is -0.145. The summed E-state index contributed by atoms with van der Waals surface area (Å²) in [6.45, 7) is 1.65. The lowest BCUT2D eigenvalue weighted by Gasteiger charge is -2.31. The van der Waals surface area contributed by atoms with Crippen molar-refractivity contribution in [3.05, 3.63) is 57.3 Å². The Morgan fingerprint density at radius 2 is 2.04 bits per heavy atom. The van der Waals surface area contributed by atoms with Crippen molar-refractivity contribution in [2.24, 2.45) is 0 Å². The van der Waals surface area contributed by atoms with Crippen molar-refractivity contribution < 1.29 is 14.3 Å². The SMILES string of the molecule is COC(=O)CN(C)C(=O)C1=C(C)Nc2ccnn2C1c1ccc(Cl)c(Cl)c1. The summed E-state index contributed by atoms with van der Waals surface area (Å²) in [6, 6.07) is 6.49. The van der Waals surface area contributed by atoms with Crippen LogP contribution in [0.4, 0.5) is 5.82 Å². The third-order valence-corrected chi connectivity index (χ3v) is 5.08. The van der Waals surface area contributed by atoms with Crippen molar-refractivity contribution in [1.29, 1.82) is 0 Å². The van der Waals surface area contributed by atoms with E-state index in [1.807, 2.05) is 6.07 Å². The van der Waals surface area contributed by atoms with Crippen molar-refractivity contribution in [3.8, 4) is 0 Å². The molecule has 1 aliphatic heterocycles. The molecule has 1 unspecified atom stereocenters. The molecule has 0 saturated heterocycles. The Morgan fingerprint density at radius 3 is 2.70 bits per heavy atom. The summed E-state index contributed by atoms with van der Waals surface area (Å²) >= 11 is 12.2. The van der Waals surface area contributed by atoms with Gasteiger partial charge in [0.2, 0.25) is 0 Å². The Hall–Kier alpha value is -2.51. The lowest BCUT2D eigenvalue weighted by atomic mass is 9.94. The van der Waals surface area contributed by atoms with Crippen molar-refractivity contribution in [2.45, 2.75) is 13.0 Å². The number of hydrogen-bond acceptors (Lipinski definition) is 5. The normalized spacial score (nSPS) is 15.8. The van der Waals surface area contributed by atoms with Crippen LogP contribution in [0.5, 0.6) is 0 Å². The lowest BCUT2D eigenvalue weighted by Crippen LogP contribution is -2.38. The molecule has 0 bridgehead atoms. The number of carbonyl (C=O) groups excluding carboxylic acids is 2. The minimum atomic E-state index is -0.515. The highest BCUT2D eigenvalue weighted by atomic mass is 35.5. The van der Waals surface area contributed by atoms with Gasteiger partial charge in [-0.15, -0.1) is 0 Å². The van der Waals surface area contributed by atoms with E-state index in [0.717, 1.165) is 11.4 Å². The highest BCUT2D eigenvalue weighted by molar-refractivity contribution is 6.42. The van der Waals surface area contributed by atoms with Crippen molar-refractivity contribution in [3.63, 3.8) is 0 Å². The molecule has 0 fully saturated rings. The molecule has 7 nitrogen and oxygen atoms in total. The smallest absolute Gasteiger partial charge is 0.325 e. The fraction of sp³-hybridized carbons (Fsp3) is 0.278. The van der Waals surface area contributed by atoms with E-state index >= 15 is 0 Å². The average molecular weight is 409 g/mol. The van der Waals surface area contributed by atoms with Crippen LogP contribution in [0.2, 0.25) is 10.0 Å². The van der Waals surface area contributed by atoms with Crippen LogP contribution >= 0.6 is 23.2 Å². The first kappa shape index (κ1) is 19.3. The number of esters is 1. The molecular formula is C18H18Cl2N4O3. The third-order valence-electron chi connectivity index (χ3n) is 4.34. The van der Waals surface area contributed by atoms with Crippen molar-refractivity contribution in [1.82, 2.24) is 14.7 Å². The molecule has 27 heavy (non-hydrogen) atoms. The van der Waals surface area contributed by atoms with Gasteiger partial charge in [0.1, 0.15) is 18.4 Å². The number of carbonyl (C=O) groups is 2. The molecule has 0 spiro atoms. The van der Waals surface area contributed by atoms with E-state index in [9.17, 15) is 9.59 Å². The zero-order chi connectivity index (χ0) is 19.7. The first-order chi connectivity index (χ1) is 12.8. The maximum atomic E-state index is 13.1. The topological polar surface area (TPSA) is 76.5 Å². The van der Waals surface area contributed by atoms with Crippen LogP contribution in [0.25, 0.3) is 0 Å². The van der Waals surface area contributed by atoms with Crippen LogP contribution in [0.3, 0.4) is 0 Å². The van der Waals surface area contributed by atoms with Gasteiger partial charge in [0.15, 0.2) is 0 Å². The molecular weight excluding hydrogens is 391 g/mol. The number of methoxy groups -OCH3 is 1. The van der Waals surface area contributed by atoms with E-state index < -0.39 is 12.0 Å². The first-order valence-electron chi connectivity index (χ1n) is 8.12. The predicted molar refractivity (Wildman–Crippen MR) is 103 cm³/mol. The van der Waals surface area contributed by atoms with Crippen LogP contribution in [0.15, 0.2) is 41.7 Å². The Morgan fingerprint density at radius 1 is 1.30 bits per heavy atom. The maximum Gasteiger partial charge on any atom is 0.325 e. The Kier molecular flexibility index (Phi) is 5.43. The van der Waals surface area contributed by atoms with Crippen LogP contribution in [-0.2, 0) is 14.3 Å². The van der Waals surface area contributed by atoms with Crippen molar-refractivity contribution in [2.75, 3.05) is 26.0 Å². The van der Waals surface area contributed by atoms with Gasteiger partial charge in [0.05, 0.1) is 28.9 Å². The van der Waals surface area contributed by atoms with Gasteiger partial charge in [0.25, 0.3) is 5.91 Å². The van der Waals surface area contributed by atoms with E-state index in [-0.39, 0.29) is 12.5 Å². The second-order valence-corrected chi connectivity index (χ2v) is 6.95. The number of rotatable bonds is 4. The maximum absolute atomic E-state index is 13.1. The van der Waals surface area contributed by atoms with E-state index in [2.05, 4.69) is 15.2 Å². The Labute approximate surface area is 166 Å². The number of benzene rings is 1. The van der Waals surface area contributed by atoms with E-state index in [1.54, 1.807) is 43.0 Å². The number of allylic oxidation sites excluding steroid dienone is 1. The number of amides is 1. The number of nitrogens with zero attached hydrogens (tertiary/aromatic N) is 3. The zero-order valence-electron chi connectivity index (χ0n) is 15.0. The molecule has 2 aromatic rings. The fourth-order valence-electron chi connectivity index (χ4n) is 3.01. The molecule has 1 aromatic carbocycles. The van der Waals surface area contributed by atoms with Gasteiger partial charge in [-0.1, -0.05) is 29.3 Å². The van der Waals surface area contributed by atoms with Gasteiger partial charge >= 0.3 is 5.97 Å². The van der Waals surface area contributed by atoms with E-state index in [4.69, 9.17) is 23.2 Å². The molecule has 1 aromatic heterocycles. The highest BCUT2D eigenvalue weighted by Crippen LogP contribution is 2.38. The minimum absolute atomic E-state index is 0.161. The third kappa shape index (κ3) is 3.65. The summed E-state index contributed by atoms with van der Waals surface area (Å²) in [5.74, 6) is -0.0721. The van der Waals surface area contributed by atoms with Gasteiger partial charge in [0, 0.05) is 18.8 Å². The summed E-state index contributed by atoms with van der Waals surface area (Å²) < 4.78 is 6.36. The quantitative estimate of drug-likeness (QED) is 0.786. The monoisotopic (exact) mass is 408 g/mol. The predicted octanol–water partition coefficient (Wildman–Crippen LogP) is 3.11. The molecule has 2 heterocycles. The van der Waals surface area contributed by atoms with Gasteiger partial charge in [-0.05, 0) is 24.6 Å². The minimum Gasteiger partial charge on any atom is -0.468 e. The Balaban J connectivity index is 2.07.